The van der Waals surface area contributed by atoms with E-state index in [-0.39, 0.29) is 0 Å². The molecule has 4 aromatic rings. The third-order valence-electron chi connectivity index (χ3n) is 4.33. The van der Waals surface area contributed by atoms with Crippen molar-refractivity contribution in [3.8, 4) is 28.2 Å². The van der Waals surface area contributed by atoms with Crippen molar-refractivity contribution in [1.29, 1.82) is 0 Å². The number of aromatic nitrogens is 2. The maximum absolute atomic E-state index is 4.89. The highest BCUT2D eigenvalue weighted by Crippen LogP contribution is 2.28. The quantitative estimate of drug-likeness (QED) is 0.416. The highest BCUT2D eigenvalue weighted by atomic mass is 15.3. The summed E-state index contributed by atoms with van der Waals surface area (Å²) < 4.78 is 2.00. The van der Waals surface area contributed by atoms with Crippen molar-refractivity contribution < 1.29 is 0 Å². The number of hydrogen-bond acceptors (Lipinski definition) is 3. The molecule has 3 aromatic carbocycles. The first-order valence-corrected chi connectivity index (χ1v) is 8.86. The zero-order valence-electron chi connectivity index (χ0n) is 15.1. The summed E-state index contributed by atoms with van der Waals surface area (Å²) in [5.41, 5.74) is 9.06. The monoisotopic (exact) mass is 352 g/mol. The van der Waals surface area contributed by atoms with Crippen LogP contribution in [0, 0.1) is 0 Å². The Bertz CT molecular complexity index is 1030. The van der Waals surface area contributed by atoms with Crippen molar-refractivity contribution in [3.05, 3.63) is 96.6 Å². The Hall–Kier alpha value is -3.66. The van der Waals surface area contributed by atoms with Gasteiger partial charge in [-0.05, 0) is 23.8 Å². The molecule has 0 spiro atoms. The van der Waals surface area contributed by atoms with Gasteiger partial charge in [-0.15, -0.1) is 0 Å². The zero-order chi connectivity index (χ0) is 18.5. The number of hydrazone groups is 1. The maximum Gasteiger partial charge on any atom is 0.0934 e. The Morgan fingerprint density at radius 3 is 2.07 bits per heavy atom. The lowest BCUT2D eigenvalue weighted by molar-refractivity contribution is 0.891. The van der Waals surface area contributed by atoms with E-state index in [9.17, 15) is 0 Å². The van der Waals surface area contributed by atoms with E-state index in [4.69, 9.17) is 5.10 Å². The fourth-order valence-electron chi connectivity index (χ4n) is 2.98. The van der Waals surface area contributed by atoms with Gasteiger partial charge in [0.1, 0.15) is 0 Å². The van der Waals surface area contributed by atoms with Crippen molar-refractivity contribution in [2.24, 2.45) is 5.10 Å². The van der Waals surface area contributed by atoms with Gasteiger partial charge in [-0.3, -0.25) is 0 Å². The van der Waals surface area contributed by atoms with Crippen LogP contribution in [-0.2, 0) is 0 Å². The average Bonchev–Trinajstić information content (AvgIpc) is 3.19. The van der Waals surface area contributed by atoms with E-state index < -0.39 is 0 Å². The molecule has 0 bridgehead atoms. The Kier molecular flexibility index (Phi) is 4.79. The number of hydrogen-bond donors (Lipinski definition) is 1. The molecule has 0 saturated carbocycles. The minimum atomic E-state index is 0.954. The highest BCUT2D eigenvalue weighted by Gasteiger charge is 2.12. The molecule has 0 radical (unpaired) electrons. The van der Waals surface area contributed by atoms with Crippen LogP contribution in [0.2, 0.25) is 0 Å². The molecule has 4 nitrogen and oxygen atoms in total. The normalized spacial score (nSPS) is 11.0. The molecule has 1 aromatic heterocycles. The van der Waals surface area contributed by atoms with E-state index in [2.05, 4.69) is 53.0 Å². The SMILES string of the molecule is CN/N=C/c1ccc(-n2nc(-c3ccccc3)cc2-c2ccccc2)cc1. The molecule has 0 saturated heterocycles. The lowest BCUT2D eigenvalue weighted by atomic mass is 10.1. The van der Waals surface area contributed by atoms with Gasteiger partial charge in [0.05, 0.1) is 23.3 Å². The van der Waals surface area contributed by atoms with E-state index in [1.54, 1.807) is 13.3 Å². The van der Waals surface area contributed by atoms with E-state index in [1.165, 1.54) is 0 Å². The number of nitrogens with one attached hydrogen (secondary N) is 1. The fourth-order valence-corrected chi connectivity index (χ4v) is 2.98. The van der Waals surface area contributed by atoms with Gasteiger partial charge >= 0.3 is 0 Å². The Labute approximate surface area is 158 Å². The van der Waals surface area contributed by atoms with E-state index in [0.717, 1.165) is 33.8 Å². The molecule has 1 N–H and O–H groups in total. The molecule has 132 valence electrons. The predicted molar refractivity (Wildman–Crippen MR) is 111 cm³/mol. The van der Waals surface area contributed by atoms with Crippen LogP contribution in [0.25, 0.3) is 28.2 Å². The van der Waals surface area contributed by atoms with Gasteiger partial charge in [0.15, 0.2) is 0 Å². The molecule has 1 heterocycles. The molecule has 0 amide bonds. The van der Waals surface area contributed by atoms with Crippen LogP contribution in [0.15, 0.2) is 96.1 Å². The predicted octanol–water partition coefficient (Wildman–Crippen LogP) is 4.76. The molecule has 0 fully saturated rings. The third-order valence-corrected chi connectivity index (χ3v) is 4.33. The van der Waals surface area contributed by atoms with Crippen molar-refractivity contribution in [1.82, 2.24) is 15.2 Å². The standard InChI is InChI=1S/C23H20N4/c1-24-25-17-18-12-14-21(15-13-18)27-23(20-10-6-3-7-11-20)16-22(26-27)19-8-4-2-5-9-19/h2-17,24H,1H3/b25-17+. The molecule has 27 heavy (non-hydrogen) atoms. The molecule has 0 aliphatic rings. The molecule has 4 heteroatoms. The minimum Gasteiger partial charge on any atom is -0.313 e. The van der Waals surface area contributed by atoms with E-state index in [1.807, 2.05) is 53.2 Å². The van der Waals surface area contributed by atoms with Crippen LogP contribution in [0.3, 0.4) is 0 Å². The first kappa shape index (κ1) is 16.8. The Morgan fingerprint density at radius 1 is 0.815 bits per heavy atom. The van der Waals surface area contributed by atoms with Gasteiger partial charge in [-0.1, -0.05) is 72.8 Å². The van der Waals surface area contributed by atoms with Crippen molar-refractivity contribution in [3.63, 3.8) is 0 Å². The average molecular weight is 352 g/mol. The molecule has 4 rings (SSSR count). The lowest BCUT2D eigenvalue weighted by Gasteiger charge is -2.08. The summed E-state index contributed by atoms with van der Waals surface area (Å²) >= 11 is 0. The third kappa shape index (κ3) is 3.65. The summed E-state index contributed by atoms with van der Waals surface area (Å²) in [5.74, 6) is 0. The first-order chi connectivity index (χ1) is 13.3. The van der Waals surface area contributed by atoms with Crippen molar-refractivity contribution in [2.45, 2.75) is 0 Å². The Balaban J connectivity index is 1.81. The maximum atomic E-state index is 4.89. The summed E-state index contributed by atoms with van der Waals surface area (Å²) in [6, 6.07) is 30.9. The van der Waals surface area contributed by atoms with Crippen molar-refractivity contribution in [2.75, 3.05) is 7.05 Å². The second-order valence-electron chi connectivity index (χ2n) is 6.13. The van der Waals surface area contributed by atoms with Crippen LogP contribution in [-0.4, -0.2) is 23.0 Å². The van der Waals surface area contributed by atoms with E-state index >= 15 is 0 Å². The minimum absolute atomic E-state index is 0.954. The summed E-state index contributed by atoms with van der Waals surface area (Å²) in [7, 11) is 1.78. The fraction of sp³-hybridized carbons (Fsp3) is 0.0435. The van der Waals surface area contributed by atoms with Gasteiger partial charge in [-0.2, -0.15) is 10.2 Å². The molecule has 0 atom stereocenters. The second-order valence-corrected chi connectivity index (χ2v) is 6.13. The van der Waals surface area contributed by atoms with Crippen LogP contribution in [0.4, 0.5) is 0 Å². The molecular formula is C23H20N4. The zero-order valence-corrected chi connectivity index (χ0v) is 15.1. The van der Waals surface area contributed by atoms with Crippen LogP contribution in [0.5, 0.6) is 0 Å². The smallest absolute Gasteiger partial charge is 0.0934 e. The number of benzene rings is 3. The summed E-state index contributed by atoms with van der Waals surface area (Å²) in [6.07, 6.45) is 1.79. The van der Waals surface area contributed by atoms with E-state index in [0.29, 0.717) is 0 Å². The van der Waals surface area contributed by atoms with Crippen molar-refractivity contribution >= 4 is 6.21 Å². The van der Waals surface area contributed by atoms with Gasteiger partial charge in [-0.25, -0.2) is 4.68 Å². The number of rotatable bonds is 5. The second kappa shape index (κ2) is 7.70. The lowest BCUT2D eigenvalue weighted by Crippen LogP contribution is -2.00. The van der Waals surface area contributed by atoms with Crippen LogP contribution >= 0.6 is 0 Å². The summed E-state index contributed by atoms with van der Waals surface area (Å²) in [6.45, 7) is 0. The molecule has 0 aliphatic carbocycles. The molecular weight excluding hydrogens is 332 g/mol. The van der Waals surface area contributed by atoms with Gasteiger partial charge < -0.3 is 5.43 Å². The summed E-state index contributed by atoms with van der Waals surface area (Å²) in [4.78, 5) is 0. The molecule has 0 unspecified atom stereocenters. The number of nitrogens with zero attached hydrogens (tertiary/aromatic N) is 3. The summed E-state index contributed by atoms with van der Waals surface area (Å²) in [5, 5.41) is 8.95. The Morgan fingerprint density at radius 2 is 1.44 bits per heavy atom. The van der Waals surface area contributed by atoms with Crippen LogP contribution < -0.4 is 5.43 Å². The first-order valence-electron chi connectivity index (χ1n) is 8.86. The molecule has 0 aliphatic heterocycles. The largest absolute Gasteiger partial charge is 0.313 e. The topological polar surface area (TPSA) is 42.2 Å². The van der Waals surface area contributed by atoms with Gasteiger partial charge in [0.25, 0.3) is 0 Å². The van der Waals surface area contributed by atoms with Crippen LogP contribution in [0.1, 0.15) is 5.56 Å². The highest BCUT2D eigenvalue weighted by molar-refractivity contribution is 5.80. The van der Waals surface area contributed by atoms with Gasteiger partial charge in [0, 0.05) is 18.2 Å². The van der Waals surface area contributed by atoms with Gasteiger partial charge in [0.2, 0.25) is 0 Å².